The minimum Gasteiger partial charge on any atom is -0.480 e. The monoisotopic (exact) mass is 331 g/mol. The van der Waals surface area contributed by atoms with Crippen LogP contribution in [0.1, 0.15) is 16.8 Å². The lowest BCUT2D eigenvalue weighted by Crippen LogP contribution is -2.40. The smallest absolute Gasteiger partial charge is 0.326 e. The number of likely N-dealkylation sites (tertiary alicyclic amines) is 1. The summed E-state index contributed by atoms with van der Waals surface area (Å²) in [6, 6.07) is 2.88. The standard InChI is InChI=1S/C12H11BrFNO4/c13-10-7(2-1-3-8(10)14)11(17)15-5-6(16)4-9(15)12(18)19/h1-3,6,9,16H,4-5H2,(H,18,19)/t6-,9+/m1/s1. The molecule has 1 saturated heterocycles. The van der Waals surface area contributed by atoms with E-state index in [9.17, 15) is 19.1 Å². The van der Waals surface area contributed by atoms with Crippen molar-refractivity contribution in [3.05, 3.63) is 34.1 Å². The van der Waals surface area contributed by atoms with Crippen LogP contribution in [0.15, 0.2) is 22.7 Å². The molecule has 0 bridgehead atoms. The molecule has 0 unspecified atom stereocenters. The number of amides is 1. The molecule has 19 heavy (non-hydrogen) atoms. The van der Waals surface area contributed by atoms with Crippen LogP contribution >= 0.6 is 15.9 Å². The summed E-state index contributed by atoms with van der Waals surface area (Å²) in [4.78, 5) is 24.3. The first-order valence-electron chi connectivity index (χ1n) is 5.57. The number of nitrogens with zero attached hydrogens (tertiary/aromatic N) is 1. The Hall–Kier alpha value is -1.47. The van der Waals surface area contributed by atoms with Crippen LogP contribution in [0.25, 0.3) is 0 Å². The van der Waals surface area contributed by atoms with Crippen LogP contribution in [0.4, 0.5) is 4.39 Å². The number of carbonyl (C=O) groups excluding carboxylic acids is 1. The molecule has 7 heteroatoms. The minimum atomic E-state index is -1.18. The Balaban J connectivity index is 2.33. The number of aliphatic hydroxyl groups is 1. The van der Waals surface area contributed by atoms with Crippen LogP contribution in [0.3, 0.4) is 0 Å². The molecule has 1 aliphatic heterocycles. The van der Waals surface area contributed by atoms with E-state index in [4.69, 9.17) is 5.11 Å². The molecule has 5 nitrogen and oxygen atoms in total. The SMILES string of the molecule is O=C(O)[C@@H]1C[C@@H](O)CN1C(=O)c1cccc(F)c1Br. The minimum absolute atomic E-state index is 0.00877. The molecule has 1 aromatic carbocycles. The fourth-order valence-electron chi connectivity index (χ4n) is 2.10. The highest BCUT2D eigenvalue weighted by Crippen LogP contribution is 2.26. The first-order chi connectivity index (χ1) is 8.91. The molecule has 2 rings (SSSR count). The van der Waals surface area contributed by atoms with Crippen molar-refractivity contribution in [3.63, 3.8) is 0 Å². The van der Waals surface area contributed by atoms with Crippen molar-refractivity contribution in [3.8, 4) is 0 Å². The Morgan fingerprint density at radius 1 is 1.42 bits per heavy atom. The lowest BCUT2D eigenvalue weighted by Gasteiger charge is -2.21. The quantitative estimate of drug-likeness (QED) is 0.854. The molecule has 2 N–H and O–H groups in total. The van der Waals surface area contributed by atoms with E-state index in [0.29, 0.717) is 0 Å². The predicted octanol–water partition coefficient (Wildman–Crippen LogP) is 1.25. The summed E-state index contributed by atoms with van der Waals surface area (Å²) in [5.41, 5.74) is 0.0420. The lowest BCUT2D eigenvalue weighted by atomic mass is 10.1. The predicted molar refractivity (Wildman–Crippen MR) is 67.2 cm³/mol. The number of benzene rings is 1. The third-order valence-electron chi connectivity index (χ3n) is 3.01. The molecule has 2 atom stereocenters. The maximum atomic E-state index is 13.4. The number of hydrogen-bond donors (Lipinski definition) is 2. The molecule has 1 amide bonds. The Kier molecular flexibility index (Phi) is 3.86. The summed E-state index contributed by atoms with van der Waals surface area (Å²) in [7, 11) is 0. The maximum Gasteiger partial charge on any atom is 0.326 e. The molecular weight excluding hydrogens is 321 g/mol. The van der Waals surface area contributed by atoms with Crippen molar-refractivity contribution >= 4 is 27.8 Å². The summed E-state index contributed by atoms with van der Waals surface area (Å²) in [6.45, 7) is -0.0707. The number of rotatable bonds is 2. The van der Waals surface area contributed by atoms with Gasteiger partial charge in [-0.05, 0) is 28.1 Å². The zero-order valence-corrected chi connectivity index (χ0v) is 11.3. The zero-order valence-electron chi connectivity index (χ0n) is 9.72. The second kappa shape index (κ2) is 5.26. The molecule has 1 aliphatic rings. The molecule has 0 aliphatic carbocycles. The van der Waals surface area contributed by atoms with Crippen molar-refractivity contribution in [2.45, 2.75) is 18.6 Å². The van der Waals surface area contributed by atoms with Gasteiger partial charge < -0.3 is 15.1 Å². The van der Waals surface area contributed by atoms with Crippen molar-refractivity contribution < 1.29 is 24.2 Å². The fraction of sp³-hybridized carbons (Fsp3) is 0.333. The third-order valence-corrected chi connectivity index (χ3v) is 3.81. The van der Waals surface area contributed by atoms with E-state index in [1.54, 1.807) is 0 Å². The van der Waals surface area contributed by atoms with Crippen LogP contribution in [0.2, 0.25) is 0 Å². The van der Waals surface area contributed by atoms with Gasteiger partial charge in [-0.3, -0.25) is 4.79 Å². The zero-order chi connectivity index (χ0) is 14.2. The Bertz CT molecular complexity index is 536. The van der Waals surface area contributed by atoms with E-state index in [1.165, 1.54) is 18.2 Å². The van der Waals surface area contributed by atoms with Gasteiger partial charge in [0.05, 0.1) is 16.1 Å². The number of carboxylic acids is 1. The van der Waals surface area contributed by atoms with E-state index in [1.807, 2.05) is 0 Å². The molecule has 0 saturated carbocycles. The molecular formula is C12H11BrFNO4. The summed E-state index contributed by atoms with van der Waals surface area (Å²) in [5, 5.41) is 18.5. The Morgan fingerprint density at radius 3 is 2.74 bits per heavy atom. The van der Waals surface area contributed by atoms with Gasteiger partial charge in [-0.2, -0.15) is 0 Å². The molecule has 0 spiro atoms. The highest BCUT2D eigenvalue weighted by Gasteiger charge is 2.39. The van der Waals surface area contributed by atoms with Gasteiger partial charge in [-0.1, -0.05) is 6.07 Å². The van der Waals surface area contributed by atoms with Gasteiger partial charge in [-0.25, -0.2) is 9.18 Å². The number of carbonyl (C=O) groups is 2. The summed E-state index contributed by atoms with van der Waals surface area (Å²) < 4.78 is 13.4. The van der Waals surface area contributed by atoms with Crippen LogP contribution in [0.5, 0.6) is 0 Å². The first-order valence-corrected chi connectivity index (χ1v) is 6.37. The first kappa shape index (κ1) is 14.0. The van der Waals surface area contributed by atoms with Crippen molar-refractivity contribution in [1.29, 1.82) is 0 Å². The van der Waals surface area contributed by atoms with E-state index in [0.717, 1.165) is 4.90 Å². The van der Waals surface area contributed by atoms with Gasteiger partial charge in [0.15, 0.2) is 0 Å². The molecule has 1 fully saturated rings. The Morgan fingerprint density at radius 2 is 2.11 bits per heavy atom. The molecule has 1 aromatic rings. The average Bonchev–Trinajstić information content (AvgIpc) is 2.74. The largest absolute Gasteiger partial charge is 0.480 e. The number of aliphatic carboxylic acids is 1. The van der Waals surface area contributed by atoms with Crippen LogP contribution in [-0.4, -0.2) is 45.7 Å². The lowest BCUT2D eigenvalue weighted by molar-refractivity contribution is -0.141. The summed E-state index contributed by atoms with van der Waals surface area (Å²) in [5.74, 6) is -2.40. The number of halogens is 2. The highest BCUT2D eigenvalue weighted by molar-refractivity contribution is 9.10. The van der Waals surface area contributed by atoms with Crippen LogP contribution < -0.4 is 0 Å². The summed E-state index contributed by atoms with van der Waals surface area (Å²) in [6.07, 6.45) is -0.897. The molecule has 1 heterocycles. The number of aliphatic hydroxyl groups excluding tert-OH is 1. The van der Waals surface area contributed by atoms with E-state index in [2.05, 4.69) is 15.9 Å². The molecule has 0 aromatic heterocycles. The summed E-state index contributed by atoms with van der Waals surface area (Å²) >= 11 is 2.97. The molecule has 0 radical (unpaired) electrons. The normalized spacial score (nSPS) is 22.6. The average molecular weight is 332 g/mol. The second-order valence-electron chi connectivity index (χ2n) is 4.30. The van der Waals surface area contributed by atoms with Gasteiger partial charge >= 0.3 is 5.97 Å². The Labute approximate surface area is 116 Å². The maximum absolute atomic E-state index is 13.4. The van der Waals surface area contributed by atoms with Crippen LogP contribution in [0, 0.1) is 5.82 Å². The topological polar surface area (TPSA) is 77.8 Å². The number of carboxylic acid groups (broad SMARTS) is 1. The van der Waals surface area contributed by atoms with E-state index >= 15 is 0 Å². The van der Waals surface area contributed by atoms with Gasteiger partial charge in [0, 0.05) is 13.0 Å². The fourth-order valence-corrected chi connectivity index (χ4v) is 2.53. The van der Waals surface area contributed by atoms with E-state index < -0.39 is 29.8 Å². The van der Waals surface area contributed by atoms with Gasteiger partial charge in [-0.15, -0.1) is 0 Å². The number of β-amino-alcohol motifs (C(OH)–C–C–N with tert-alkyl or cyclic N) is 1. The van der Waals surface area contributed by atoms with Gasteiger partial charge in [0.1, 0.15) is 11.9 Å². The third kappa shape index (κ3) is 2.62. The van der Waals surface area contributed by atoms with Crippen LogP contribution in [-0.2, 0) is 4.79 Å². The van der Waals surface area contributed by atoms with Crippen molar-refractivity contribution in [2.24, 2.45) is 0 Å². The molecule has 102 valence electrons. The van der Waals surface area contributed by atoms with Gasteiger partial charge in [0.2, 0.25) is 0 Å². The van der Waals surface area contributed by atoms with Gasteiger partial charge in [0.25, 0.3) is 5.91 Å². The van der Waals surface area contributed by atoms with Crippen molar-refractivity contribution in [2.75, 3.05) is 6.54 Å². The highest BCUT2D eigenvalue weighted by atomic mass is 79.9. The van der Waals surface area contributed by atoms with Crippen molar-refractivity contribution in [1.82, 2.24) is 4.90 Å². The second-order valence-corrected chi connectivity index (χ2v) is 5.10. The van der Waals surface area contributed by atoms with E-state index in [-0.39, 0.29) is 23.0 Å². The number of hydrogen-bond acceptors (Lipinski definition) is 3.